The molecule has 0 aromatic rings. The van der Waals surface area contributed by atoms with E-state index in [0.29, 0.717) is 6.04 Å². The Morgan fingerprint density at radius 1 is 1.42 bits per heavy atom. The molecule has 0 amide bonds. The van der Waals surface area contributed by atoms with Crippen LogP contribution in [0.4, 0.5) is 0 Å². The summed E-state index contributed by atoms with van der Waals surface area (Å²) < 4.78 is 4.97. The number of hydrogen-bond donors (Lipinski definition) is 1. The summed E-state index contributed by atoms with van der Waals surface area (Å²) in [5.41, 5.74) is 5.94. The molecule has 2 atom stereocenters. The van der Waals surface area contributed by atoms with Crippen molar-refractivity contribution in [3.8, 4) is 0 Å². The second-order valence-electron chi connectivity index (χ2n) is 3.64. The molecule has 74 valence electrons. The third-order valence-corrected chi connectivity index (χ3v) is 2.33. The van der Waals surface area contributed by atoms with Gasteiger partial charge < -0.3 is 10.5 Å². The molecular weight excluding hydrogens is 150 g/mol. The Kier molecular flexibility index (Phi) is 7.51. The standard InChI is InChI=1S/C10H23NO/c1-4-9(2)8-10(11)6-5-7-12-3/h9-10H,4-8,11H2,1-3H3. The van der Waals surface area contributed by atoms with E-state index in [0.717, 1.165) is 31.8 Å². The summed E-state index contributed by atoms with van der Waals surface area (Å²) >= 11 is 0. The minimum Gasteiger partial charge on any atom is -0.385 e. The van der Waals surface area contributed by atoms with Gasteiger partial charge in [-0.2, -0.15) is 0 Å². The minimum absolute atomic E-state index is 0.370. The molecule has 0 aliphatic rings. The van der Waals surface area contributed by atoms with Gasteiger partial charge in [-0.15, -0.1) is 0 Å². The summed E-state index contributed by atoms with van der Waals surface area (Å²) in [6, 6.07) is 0.370. The fourth-order valence-corrected chi connectivity index (χ4v) is 1.29. The highest BCUT2D eigenvalue weighted by atomic mass is 16.5. The quantitative estimate of drug-likeness (QED) is 0.599. The van der Waals surface area contributed by atoms with Crippen LogP contribution in [0.5, 0.6) is 0 Å². The first-order valence-electron chi connectivity index (χ1n) is 4.95. The lowest BCUT2D eigenvalue weighted by atomic mass is 9.97. The molecule has 0 saturated carbocycles. The van der Waals surface area contributed by atoms with Crippen molar-refractivity contribution in [2.45, 2.75) is 45.6 Å². The van der Waals surface area contributed by atoms with Crippen molar-refractivity contribution in [1.29, 1.82) is 0 Å². The first kappa shape index (κ1) is 11.9. The van der Waals surface area contributed by atoms with E-state index in [1.165, 1.54) is 6.42 Å². The van der Waals surface area contributed by atoms with Gasteiger partial charge in [0, 0.05) is 19.8 Å². The Labute approximate surface area is 76.5 Å². The number of methoxy groups -OCH3 is 1. The maximum atomic E-state index is 5.94. The van der Waals surface area contributed by atoms with E-state index < -0.39 is 0 Å². The van der Waals surface area contributed by atoms with Gasteiger partial charge in [0.25, 0.3) is 0 Å². The molecule has 2 nitrogen and oxygen atoms in total. The van der Waals surface area contributed by atoms with Gasteiger partial charge in [0.05, 0.1) is 0 Å². The average molecular weight is 173 g/mol. The van der Waals surface area contributed by atoms with E-state index in [1.807, 2.05) is 0 Å². The Balaban J connectivity index is 3.26. The van der Waals surface area contributed by atoms with Crippen LogP contribution in [0, 0.1) is 5.92 Å². The topological polar surface area (TPSA) is 35.2 Å². The molecule has 0 aromatic carbocycles. The van der Waals surface area contributed by atoms with Crippen molar-refractivity contribution in [2.75, 3.05) is 13.7 Å². The average Bonchev–Trinajstić information content (AvgIpc) is 2.05. The molecule has 0 radical (unpaired) electrons. The summed E-state index contributed by atoms with van der Waals surface area (Å²) in [6.07, 6.45) is 4.57. The Morgan fingerprint density at radius 3 is 2.58 bits per heavy atom. The van der Waals surface area contributed by atoms with Gasteiger partial charge in [-0.25, -0.2) is 0 Å². The van der Waals surface area contributed by atoms with Gasteiger partial charge in [-0.3, -0.25) is 0 Å². The highest BCUT2D eigenvalue weighted by Gasteiger charge is 2.06. The van der Waals surface area contributed by atoms with Crippen molar-refractivity contribution in [1.82, 2.24) is 0 Å². The molecule has 0 spiro atoms. The number of hydrogen-bond acceptors (Lipinski definition) is 2. The molecule has 0 rings (SSSR count). The van der Waals surface area contributed by atoms with Crippen LogP contribution in [0.2, 0.25) is 0 Å². The molecule has 0 saturated heterocycles. The van der Waals surface area contributed by atoms with Gasteiger partial charge >= 0.3 is 0 Å². The van der Waals surface area contributed by atoms with Crippen molar-refractivity contribution < 1.29 is 4.74 Å². The Morgan fingerprint density at radius 2 is 2.08 bits per heavy atom. The molecule has 2 N–H and O–H groups in total. The third-order valence-electron chi connectivity index (χ3n) is 2.33. The normalized spacial score (nSPS) is 16.0. The molecule has 0 fully saturated rings. The fourth-order valence-electron chi connectivity index (χ4n) is 1.29. The van der Waals surface area contributed by atoms with Crippen LogP contribution in [0.25, 0.3) is 0 Å². The predicted octanol–water partition coefficient (Wildman–Crippen LogP) is 2.18. The maximum Gasteiger partial charge on any atom is 0.0462 e. The van der Waals surface area contributed by atoms with Crippen molar-refractivity contribution in [3.63, 3.8) is 0 Å². The highest BCUT2D eigenvalue weighted by molar-refractivity contribution is 4.64. The molecule has 2 heteroatoms. The molecule has 0 bridgehead atoms. The van der Waals surface area contributed by atoms with Gasteiger partial charge in [0.15, 0.2) is 0 Å². The van der Waals surface area contributed by atoms with Gasteiger partial charge in [-0.1, -0.05) is 20.3 Å². The molecular formula is C10H23NO. The zero-order valence-electron chi connectivity index (χ0n) is 8.68. The second-order valence-corrected chi connectivity index (χ2v) is 3.64. The van der Waals surface area contributed by atoms with Crippen LogP contribution in [0.3, 0.4) is 0 Å². The van der Waals surface area contributed by atoms with Crippen LogP contribution < -0.4 is 5.73 Å². The van der Waals surface area contributed by atoms with Crippen LogP contribution in [0.15, 0.2) is 0 Å². The van der Waals surface area contributed by atoms with Crippen molar-refractivity contribution in [3.05, 3.63) is 0 Å². The van der Waals surface area contributed by atoms with E-state index in [9.17, 15) is 0 Å². The molecule has 12 heavy (non-hydrogen) atoms. The summed E-state index contributed by atoms with van der Waals surface area (Å²) in [4.78, 5) is 0. The third kappa shape index (κ3) is 6.62. The lowest BCUT2D eigenvalue weighted by Crippen LogP contribution is -2.22. The van der Waals surface area contributed by atoms with Crippen LogP contribution in [-0.4, -0.2) is 19.8 Å². The summed E-state index contributed by atoms with van der Waals surface area (Å²) in [7, 11) is 1.74. The molecule has 0 heterocycles. The first-order valence-corrected chi connectivity index (χ1v) is 4.95. The van der Waals surface area contributed by atoms with Gasteiger partial charge in [0.2, 0.25) is 0 Å². The zero-order chi connectivity index (χ0) is 9.40. The zero-order valence-corrected chi connectivity index (χ0v) is 8.68. The molecule has 0 aliphatic carbocycles. The first-order chi connectivity index (χ1) is 5.70. The number of ether oxygens (including phenoxy) is 1. The molecule has 0 aliphatic heterocycles. The molecule has 0 aromatic heterocycles. The Hall–Kier alpha value is -0.0800. The monoisotopic (exact) mass is 173 g/mol. The van der Waals surface area contributed by atoms with Crippen molar-refractivity contribution >= 4 is 0 Å². The second kappa shape index (κ2) is 7.56. The summed E-state index contributed by atoms with van der Waals surface area (Å²) in [5, 5.41) is 0. The minimum atomic E-state index is 0.370. The lowest BCUT2D eigenvalue weighted by Gasteiger charge is -2.15. The lowest BCUT2D eigenvalue weighted by molar-refractivity contribution is 0.189. The van der Waals surface area contributed by atoms with E-state index in [1.54, 1.807) is 7.11 Å². The van der Waals surface area contributed by atoms with E-state index in [4.69, 9.17) is 10.5 Å². The van der Waals surface area contributed by atoms with Crippen molar-refractivity contribution in [2.24, 2.45) is 11.7 Å². The van der Waals surface area contributed by atoms with Crippen LogP contribution in [0.1, 0.15) is 39.5 Å². The number of rotatable bonds is 7. The van der Waals surface area contributed by atoms with E-state index >= 15 is 0 Å². The largest absolute Gasteiger partial charge is 0.385 e. The maximum absolute atomic E-state index is 5.94. The summed E-state index contributed by atoms with van der Waals surface area (Å²) in [6.45, 7) is 5.32. The predicted molar refractivity (Wildman–Crippen MR) is 53.2 cm³/mol. The van der Waals surface area contributed by atoms with Crippen LogP contribution in [-0.2, 0) is 4.74 Å². The Bertz CT molecular complexity index is 95.8. The van der Waals surface area contributed by atoms with E-state index in [-0.39, 0.29) is 0 Å². The highest BCUT2D eigenvalue weighted by Crippen LogP contribution is 2.11. The number of nitrogens with two attached hydrogens (primary N) is 1. The van der Waals surface area contributed by atoms with E-state index in [2.05, 4.69) is 13.8 Å². The molecule has 2 unspecified atom stereocenters. The summed E-state index contributed by atoms with van der Waals surface area (Å²) in [5.74, 6) is 0.766. The van der Waals surface area contributed by atoms with Crippen LogP contribution >= 0.6 is 0 Å². The fraction of sp³-hybridized carbons (Fsp3) is 1.00. The van der Waals surface area contributed by atoms with Gasteiger partial charge in [0.1, 0.15) is 0 Å². The van der Waals surface area contributed by atoms with Gasteiger partial charge in [-0.05, 0) is 25.2 Å². The SMILES string of the molecule is CCC(C)CC(N)CCCOC. The smallest absolute Gasteiger partial charge is 0.0462 e.